The van der Waals surface area contributed by atoms with Gasteiger partial charge in [-0.1, -0.05) is 35.3 Å². The van der Waals surface area contributed by atoms with Gasteiger partial charge < -0.3 is 15.5 Å². The zero-order valence-electron chi connectivity index (χ0n) is 23.7. The molecule has 0 spiro atoms. The molecule has 1 aliphatic rings. The summed E-state index contributed by atoms with van der Waals surface area (Å²) in [6.45, 7) is 3.48. The SMILES string of the molecule is O=S(=O)(Nc1ccc(F)c(Nc2ncnc3ccc(-n4cnc5c(N6CCNCC6)cccc54)nc23)c1F)c1cccc(Cl)c1Cl. The van der Waals surface area contributed by atoms with Crippen molar-refractivity contribution in [1.82, 2.24) is 29.8 Å². The highest BCUT2D eigenvalue weighted by atomic mass is 35.5. The van der Waals surface area contributed by atoms with E-state index in [9.17, 15) is 8.42 Å². The zero-order chi connectivity index (χ0) is 32.0. The van der Waals surface area contributed by atoms with Crippen molar-refractivity contribution in [2.75, 3.05) is 41.1 Å². The Kier molecular flexibility index (Phi) is 7.80. The number of halogens is 4. The molecule has 3 aromatic carbocycles. The van der Waals surface area contributed by atoms with Gasteiger partial charge >= 0.3 is 0 Å². The summed E-state index contributed by atoms with van der Waals surface area (Å²) in [6.07, 6.45) is 2.89. The Morgan fingerprint density at radius 1 is 0.891 bits per heavy atom. The number of pyridine rings is 1. The summed E-state index contributed by atoms with van der Waals surface area (Å²) >= 11 is 12.0. The van der Waals surface area contributed by atoms with Crippen LogP contribution in [0, 0.1) is 11.6 Å². The number of nitrogens with one attached hydrogen (secondary N) is 3. The van der Waals surface area contributed by atoms with E-state index in [1.807, 2.05) is 22.8 Å². The predicted molar refractivity (Wildman–Crippen MR) is 174 cm³/mol. The van der Waals surface area contributed by atoms with Gasteiger partial charge in [0.05, 0.1) is 32.5 Å². The summed E-state index contributed by atoms with van der Waals surface area (Å²) in [4.78, 5) is 19.8. The Labute approximate surface area is 271 Å². The van der Waals surface area contributed by atoms with Crippen LogP contribution >= 0.6 is 23.2 Å². The lowest BCUT2D eigenvalue weighted by Crippen LogP contribution is -2.43. The minimum absolute atomic E-state index is 0.00216. The van der Waals surface area contributed by atoms with Gasteiger partial charge in [-0.15, -0.1) is 0 Å². The third-order valence-corrected chi connectivity index (χ3v) is 9.85. The zero-order valence-corrected chi connectivity index (χ0v) is 26.0. The average Bonchev–Trinajstić information content (AvgIpc) is 3.50. The van der Waals surface area contributed by atoms with Crippen LogP contribution in [0.15, 0.2) is 78.2 Å². The highest BCUT2D eigenvalue weighted by molar-refractivity contribution is 7.92. The Bertz CT molecular complexity index is 2250. The van der Waals surface area contributed by atoms with Gasteiger partial charge in [0, 0.05) is 26.2 Å². The number of nitrogens with zero attached hydrogens (tertiary/aromatic N) is 6. The van der Waals surface area contributed by atoms with E-state index in [2.05, 4.69) is 35.2 Å². The highest BCUT2D eigenvalue weighted by Crippen LogP contribution is 2.34. The lowest BCUT2D eigenvalue weighted by atomic mass is 10.2. The molecule has 6 aromatic rings. The maximum absolute atomic E-state index is 15.7. The van der Waals surface area contributed by atoms with Crippen molar-refractivity contribution in [3.63, 3.8) is 0 Å². The molecule has 0 radical (unpaired) electrons. The Morgan fingerprint density at radius 2 is 1.70 bits per heavy atom. The fourth-order valence-electron chi connectivity index (χ4n) is 5.28. The van der Waals surface area contributed by atoms with Crippen molar-refractivity contribution in [2.24, 2.45) is 0 Å². The predicted octanol–water partition coefficient (Wildman–Crippen LogP) is 5.90. The highest BCUT2D eigenvalue weighted by Gasteiger charge is 2.24. The lowest BCUT2D eigenvalue weighted by Gasteiger charge is -2.29. The number of piperazine rings is 1. The fourth-order valence-corrected chi connectivity index (χ4v) is 7.10. The molecule has 0 amide bonds. The number of hydrogen-bond acceptors (Lipinski definition) is 9. The van der Waals surface area contributed by atoms with Crippen LogP contribution in [0.1, 0.15) is 0 Å². The monoisotopic (exact) mass is 681 g/mol. The van der Waals surface area contributed by atoms with E-state index in [0.29, 0.717) is 11.3 Å². The summed E-state index contributed by atoms with van der Waals surface area (Å²) in [5, 5.41) is 5.76. The van der Waals surface area contributed by atoms with Crippen LogP contribution in [0.5, 0.6) is 0 Å². The Hall–Kier alpha value is -4.63. The second-order valence-electron chi connectivity index (χ2n) is 10.3. The van der Waals surface area contributed by atoms with Crippen molar-refractivity contribution in [3.05, 3.63) is 95.0 Å². The molecule has 1 saturated heterocycles. The summed E-state index contributed by atoms with van der Waals surface area (Å²) in [5.74, 6) is -1.74. The van der Waals surface area contributed by atoms with Crippen molar-refractivity contribution in [3.8, 4) is 5.82 Å². The molecule has 1 fully saturated rings. The molecule has 16 heteroatoms. The molecular formula is C30H23Cl2F2N9O2S. The normalized spacial score (nSPS) is 13.8. The molecule has 11 nitrogen and oxygen atoms in total. The fraction of sp³-hybridized carbons (Fsp3) is 0.133. The second kappa shape index (κ2) is 11.9. The first-order valence-corrected chi connectivity index (χ1v) is 16.2. The lowest BCUT2D eigenvalue weighted by molar-refractivity contribution is 0.588. The van der Waals surface area contributed by atoms with Crippen LogP contribution in [-0.2, 0) is 10.0 Å². The van der Waals surface area contributed by atoms with Gasteiger partial charge in [-0.3, -0.25) is 9.29 Å². The number of benzene rings is 3. The molecule has 0 aliphatic carbocycles. The molecule has 4 heterocycles. The number of anilines is 4. The number of hydrogen-bond donors (Lipinski definition) is 3. The van der Waals surface area contributed by atoms with Crippen LogP contribution in [0.4, 0.5) is 31.7 Å². The van der Waals surface area contributed by atoms with Crippen molar-refractivity contribution >= 4 is 78.2 Å². The molecular weight excluding hydrogens is 659 g/mol. The average molecular weight is 683 g/mol. The molecule has 7 rings (SSSR count). The summed E-state index contributed by atoms with van der Waals surface area (Å²) in [6, 6.07) is 15.3. The van der Waals surface area contributed by atoms with Gasteiger partial charge in [0.15, 0.2) is 11.6 Å². The molecule has 0 unspecified atom stereocenters. The molecule has 1 aliphatic heterocycles. The van der Waals surface area contributed by atoms with Gasteiger partial charge in [0.1, 0.15) is 45.9 Å². The molecule has 234 valence electrons. The summed E-state index contributed by atoms with van der Waals surface area (Å²) in [5.41, 5.74) is 2.09. The third-order valence-electron chi connectivity index (χ3n) is 7.51. The van der Waals surface area contributed by atoms with Crippen molar-refractivity contribution < 1.29 is 17.2 Å². The van der Waals surface area contributed by atoms with E-state index >= 15 is 8.78 Å². The van der Waals surface area contributed by atoms with E-state index in [4.69, 9.17) is 28.2 Å². The van der Waals surface area contributed by atoms with Gasteiger partial charge in [-0.05, 0) is 48.5 Å². The van der Waals surface area contributed by atoms with E-state index in [0.717, 1.165) is 55.0 Å². The maximum Gasteiger partial charge on any atom is 0.263 e. The number of fused-ring (bicyclic) bond motifs is 2. The first-order valence-electron chi connectivity index (χ1n) is 14.0. The molecule has 46 heavy (non-hydrogen) atoms. The molecule has 0 bridgehead atoms. The molecule has 3 aromatic heterocycles. The Morgan fingerprint density at radius 3 is 2.52 bits per heavy atom. The van der Waals surface area contributed by atoms with Gasteiger partial charge in [-0.25, -0.2) is 37.1 Å². The van der Waals surface area contributed by atoms with Crippen LogP contribution < -0.4 is 20.3 Å². The topological polar surface area (TPSA) is 130 Å². The first-order chi connectivity index (χ1) is 22.2. The van der Waals surface area contributed by atoms with E-state index in [1.54, 1.807) is 18.5 Å². The first kappa shape index (κ1) is 30.0. The summed E-state index contributed by atoms with van der Waals surface area (Å²) in [7, 11) is -4.39. The number of para-hydroxylation sites is 1. The number of aromatic nitrogens is 5. The van der Waals surface area contributed by atoms with E-state index in [-0.39, 0.29) is 26.3 Å². The smallest absolute Gasteiger partial charge is 0.263 e. The van der Waals surface area contributed by atoms with E-state index < -0.39 is 33.0 Å². The number of imidazole rings is 1. The van der Waals surface area contributed by atoms with Crippen LogP contribution in [-0.4, -0.2) is 59.1 Å². The summed E-state index contributed by atoms with van der Waals surface area (Å²) < 4.78 is 60.8. The molecule has 0 saturated carbocycles. The molecule has 0 atom stereocenters. The van der Waals surface area contributed by atoms with Gasteiger partial charge in [-0.2, -0.15) is 0 Å². The van der Waals surface area contributed by atoms with Crippen molar-refractivity contribution in [1.29, 1.82) is 0 Å². The number of rotatable bonds is 7. The third kappa shape index (κ3) is 5.42. The van der Waals surface area contributed by atoms with Crippen LogP contribution in [0.2, 0.25) is 10.0 Å². The van der Waals surface area contributed by atoms with Gasteiger partial charge in [0.2, 0.25) is 0 Å². The number of sulfonamides is 1. The minimum Gasteiger partial charge on any atom is -0.367 e. The van der Waals surface area contributed by atoms with E-state index in [1.165, 1.54) is 24.5 Å². The second-order valence-corrected chi connectivity index (χ2v) is 12.8. The maximum atomic E-state index is 15.7. The van der Waals surface area contributed by atoms with Gasteiger partial charge in [0.25, 0.3) is 10.0 Å². The largest absolute Gasteiger partial charge is 0.367 e. The Balaban J connectivity index is 1.25. The van der Waals surface area contributed by atoms with Crippen molar-refractivity contribution in [2.45, 2.75) is 4.90 Å². The van der Waals surface area contributed by atoms with Crippen LogP contribution in [0.25, 0.3) is 27.9 Å². The minimum atomic E-state index is -4.39. The standard InChI is InChI=1S/C30H23Cl2F2N9O2S/c31-17-3-1-6-23(25(17)32)46(44,45)41-19-8-7-18(33)27(26(19)34)40-30-28-20(36-15-37-30)9-10-24(39-28)43-16-38-29-21(4-2-5-22(29)43)42-13-11-35-12-14-42/h1-10,15-16,35,41H,11-14H2,(H,36,37,40). The van der Waals surface area contributed by atoms with Crippen LogP contribution in [0.3, 0.4) is 0 Å². The quantitative estimate of drug-likeness (QED) is 0.188. The molecule has 3 N–H and O–H groups in total.